The summed E-state index contributed by atoms with van der Waals surface area (Å²) < 4.78 is 29.7. The molecule has 0 aliphatic heterocycles. The number of hydrogen-bond donors (Lipinski definition) is 2. The zero-order valence-electron chi connectivity index (χ0n) is 15.9. The van der Waals surface area contributed by atoms with Gasteiger partial charge in [0, 0.05) is 12.6 Å². The summed E-state index contributed by atoms with van der Waals surface area (Å²) in [6.07, 6.45) is 1.15. The van der Waals surface area contributed by atoms with Crippen molar-refractivity contribution in [3.63, 3.8) is 0 Å². The summed E-state index contributed by atoms with van der Waals surface area (Å²) >= 11 is 0. The molecule has 1 amide bonds. The van der Waals surface area contributed by atoms with Crippen molar-refractivity contribution in [2.24, 2.45) is 0 Å². The summed E-state index contributed by atoms with van der Waals surface area (Å²) in [5, 5.41) is 17.4. The van der Waals surface area contributed by atoms with Crippen molar-refractivity contribution in [3.8, 4) is 5.75 Å². The predicted molar refractivity (Wildman–Crippen MR) is 107 cm³/mol. The monoisotopic (exact) mass is 433 g/mol. The van der Waals surface area contributed by atoms with Gasteiger partial charge in [0.25, 0.3) is 10.0 Å². The normalized spacial score (nSPS) is 11.2. The number of carbonyl (C=O) groups excluding carboxylic acids is 1. The van der Waals surface area contributed by atoms with Crippen molar-refractivity contribution >= 4 is 33.9 Å². The summed E-state index contributed by atoms with van der Waals surface area (Å²) in [5.74, 6) is -0.817. The highest BCUT2D eigenvalue weighted by atomic mass is 32.2. The third-order valence-electron chi connectivity index (χ3n) is 3.96. The molecule has 0 spiro atoms. The molecule has 10 heteroatoms. The Hall–Kier alpha value is -3.66. The van der Waals surface area contributed by atoms with Gasteiger partial charge in [-0.15, -0.1) is 0 Å². The quantitative estimate of drug-likeness (QED) is 0.455. The minimum absolute atomic E-state index is 0.0526. The van der Waals surface area contributed by atoms with Gasteiger partial charge in [0.05, 0.1) is 17.9 Å². The van der Waals surface area contributed by atoms with E-state index in [-0.39, 0.29) is 33.6 Å². The molecule has 0 fully saturated rings. The maximum absolute atomic E-state index is 12.3. The summed E-state index contributed by atoms with van der Waals surface area (Å²) in [6, 6.07) is 11.6. The van der Waals surface area contributed by atoms with E-state index in [1.165, 1.54) is 30.3 Å². The van der Waals surface area contributed by atoms with Crippen LogP contribution in [0.4, 0.5) is 4.79 Å². The first-order valence-corrected chi connectivity index (χ1v) is 10.0. The smallest absolute Gasteiger partial charge is 0.421 e. The first-order chi connectivity index (χ1) is 14.1. The van der Waals surface area contributed by atoms with Crippen molar-refractivity contribution in [2.45, 2.75) is 11.3 Å². The number of carboxylic acids is 1. The fourth-order valence-corrected chi connectivity index (χ4v) is 3.25. The Kier molecular flexibility index (Phi) is 7.32. The highest BCUT2D eigenvalue weighted by Crippen LogP contribution is 2.17. The van der Waals surface area contributed by atoms with E-state index in [1.807, 2.05) is 0 Å². The molecule has 0 unspecified atom stereocenters. The number of carbonyl (C=O) groups is 3. The minimum atomic E-state index is -4.19. The Labute approximate surface area is 172 Å². The van der Waals surface area contributed by atoms with Crippen LogP contribution in [0.1, 0.15) is 22.3 Å². The number of sulfonamides is 1. The van der Waals surface area contributed by atoms with E-state index in [9.17, 15) is 22.8 Å². The Morgan fingerprint density at radius 2 is 1.60 bits per heavy atom. The molecular formula is C20H19NO8S. The van der Waals surface area contributed by atoms with Crippen molar-refractivity contribution in [1.82, 2.24) is 4.31 Å². The van der Waals surface area contributed by atoms with Crippen molar-refractivity contribution in [3.05, 3.63) is 65.7 Å². The van der Waals surface area contributed by atoms with Crippen LogP contribution >= 0.6 is 0 Å². The zero-order chi connectivity index (χ0) is 22.3. The van der Waals surface area contributed by atoms with Gasteiger partial charge < -0.3 is 14.9 Å². The Morgan fingerprint density at radius 1 is 1.00 bits per heavy atom. The number of nitrogens with zero attached hydrogens (tertiary/aromatic N) is 1. The van der Waals surface area contributed by atoms with Crippen LogP contribution in [0.15, 0.2) is 59.5 Å². The average molecular weight is 433 g/mol. The number of rotatable bonds is 9. The molecule has 2 rings (SSSR count). The predicted octanol–water partition coefficient (Wildman–Crippen LogP) is 2.73. The van der Waals surface area contributed by atoms with Crippen LogP contribution in [-0.2, 0) is 14.8 Å². The van der Waals surface area contributed by atoms with Crippen molar-refractivity contribution in [1.29, 1.82) is 0 Å². The van der Waals surface area contributed by atoms with Crippen molar-refractivity contribution < 1.29 is 37.8 Å². The number of hydrogen-bond acceptors (Lipinski definition) is 6. The van der Waals surface area contributed by atoms with Crippen LogP contribution < -0.4 is 4.74 Å². The molecule has 0 aromatic heterocycles. The molecule has 0 saturated carbocycles. The van der Waals surface area contributed by atoms with Crippen LogP contribution in [0, 0.1) is 0 Å². The van der Waals surface area contributed by atoms with Gasteiger partial charge >= 0.3 is 12.1 Å². The molecule has 0 aliphatic carbocycles. The molecule has 0 saturated heterocycles. The average Bonchev–Trinajstić information content (AvgIpc) is 2.72. The van der Waals surface area contributed by atoms with E-state index < -0.39 is 22.1 Å². The van der Waals surface area contributed by atoms with E-state index in [1.54, 1.807) is 30.3 Å². The summed E-state index contributed by atoms with van der Waals surface area (Å²) in [7, 11) is -3.27. The number of allylic oxidation sites excluding steroid dienone is 1. The lowest BCUT2D eigenvalue weighted by molar-refractivity contribution is -0.137. The van der Waals surface area contributed by atoms with E-state index >= 15 is 0 Å². The van der Waals surface area contributed by atoms with Gasteiger partial charge in [0.1, 0.15) is 5.75 Å². The third-order valence-corrected chi connectivity index (χ3v) is 5.70. The number of aliphatic carboxylic acids is 1. The molecule has 30 heavy (non-hydrogen) atoms. The number of amides is 1. The molecule has 0 radical (unpaired) electrons. The maximum atomic E-state index is 12.3. The molecule has 0 bridgehead atoms. The molecule has 2 aromatic carbocycles. The van der Waals surface area contributed by atoms with E-state index in [4.69, 9.17) is 14.9 Å². The number of ether oxygens (including phenoxy) is 1. The lowest BCUT2D eigenvalue weighted by Crippen LogP contribution is -2.31. The fraction of sp³-hybridized carbons (Fsp3) is 0.150. The summed E-state index contributed by atoms with van der Waals surface area (Å²) in [5.41, 5.74) is 0.938. The second kappa shape index (κ2) is 9.70. The van der Waals surface area contributed by atoms with Gasteiger partial charge in [0.2, 0.25) is 0 Å². The van der Waals surface area contributed by atoms with Crippen LogP contribution in [-0.4, -0.2) is 54.4 Å². The van der Waals surface area contributed by atoms with E-state index in [0.29, 0.717) is 11.3 Å². The third kappa shape index (κ3) is 5.92. The van der Waals surface area contributed by atoms with Gasteiger partial charge in [-0.05, 0) is 48.0 Å². The number of ketones is 1. The van der Waals surface area contributed by atoms with Crippen LogP contribution in [0.3, 0.4) is 0 Å². The fourth-order valence-electron chi connectivity index (χ4n) is 2.25. The first kappa shape index (κ1) is 22.6. The summed E-state index contributed by atoms with van der Waals surface area (Å²) in [6.45, 7) is 0.0526. The molecule has 0 heterocycles. The molecule has 2 aromatic rings. The number of carboxylic acid groups (broad SMARTS) is 2. The highest BCUT2D eigenvalue weighted by Gasteiger charge is 2.25. The number of benzene rings is 2. The Morgan fingerprint density at radius 3 is 2.13 bits per heavy atom. The molecule has 158 valence electrons. The van der Waals surface area contributed by atoms with E-state index in [2.05, 4.69) is 0 Å². The van der Waals surface area contributed by atoms with E-state index in [0.717, 1.165) is 7.05 Å². The highest BCUT2D eigenvalue weighted by molar-refractivity contribution is 7.89. The van der Waals surface area contributed by atoms with Gasteiger partial charge in [-0.1, -0.05) is 18.2 Å². The Balaban J connectivity index is 2.03. The lowest BCUT2D eigenvalue weighted by Gasteiger charge is -2.13. The Bertz CT molecular complexity index is 1060. The standard InChI is InChI=1S/C20H19NO8S/c1-21(20(25)26)30(27,28)17-9-5-15(6-10-17)18(22)11-4-14-2-7-16(8-3-14)29-13-12-19(23)24/h2-11H,12-13H2,1H3,(H,23,24)(H,25,26)/b11-4+. The van der Waals surface area contributed by atoms with Gasteiger partial charge in [0.15, 0.2) is 5.78 Å². The SMILES string of the molecule is CN(C(=O)O)S(=O)(=O)c1ccc(C(=O)/C=C/c2ccc(OCCC(=O)O)cc2)cc1. The molecule has 9 nitrogen and oxygen atoms in total. The van der Waals surface area contributed by atoms with Crippen LogP contribution in [0.5, 0.6) is 5.75 Å². The second-order valence-corrected chi connectivity index (χ2v) is 8.01. The molecule has 2 N–H and O–H groups in total. The van der Waals surface area contributed by atoms with Crippen LogP contribution in [0.2, 0.25) is 0 Å². The van der Waals surface area contributed by atoms with Crippen molar-refractivity contribution in [2.75, 3.05) is 13.7 Å². The van der Waals surface area contributed by atoms with Gasteiger partial charge in [-0.2, -0.15) is 0 Å². The van der Waals surface area contributed by atoms with Gasteiger partial charge in [-0.3, -0.25) is 9.59 Å². The molecular weight excluding hydrogens is 414 g/mol. The lowest BCUT2D eigenvalue weighted by atomic mass is 10.1. The largest absolute Gasteiger partial charge is 0.493 e. The first-order valence-electron chi connectivity index (χ1n) is 8.60. The second-order valence-electron chi connectivity index (χ2n) is 6.04. The molecule has 0 atom stereocenters. The zero-order valence-corrected chi connectivity index (χ0v) is 16.7. The summed E-state index contributed by atoms with van der Waals surface area (Å²) in [4.78, 5) is 33.4. The maximum Gasteiger partial charge on any atom is 0.421 e. The molecule has 0 aliphatic rings. The topological polar surface area (TPSA) is 138 Å². The van der Waals surface area contributed by atoms with Gasteiger partial charge in [-0.25, -0.2) is 17.5 Å². The van der Waals surface area contributed by atoms with Crippen LogP contribution in [0.25, 0.3) is 6.08 Å². The minimum Gasteiger partial charge on any atom is -0.493 e.